The van der Waals surface area contributed by atoms with Gasteiger partial charge in [-0.2, -0.15) is 0 Å². The van der Waals surface area contributed by atoms with Crippen molar-refractivity contribution in [2.24, 2.45) is 0 Å². The second-order valence-electron chi connectivity index (χ2n) is 5.45. The normalized spacial score (nSPS) is 15.2. The van der Waals surface area contributed by atoms with Crippen molar-refractivity contribution in [1.29, 1.82) is 0 Å². The van der Waals surface area contributed by atoms with Crippen molar-refractivity contribution in [1.82, 2.24) is 10.2 Å². The van der Waals surface area contributed by atoms with Gasteiger partial charge in [0.25, 0.3) is 0 Å². The zero-order valence-corrected chi connectivity index (χ0v) is 14.9. The molecule has 0 spiro atoms. The molecule has 122 valence electrons. The number of carbonyl (C=O) groups excluding carboxylic acids is 1. The van der Waals surface area contributed by atoms with E-state index in [-0.39, 0.29) is 5.91 Å². The third-order valence-corrected chi connectivity index (χ3v) is 5.38. The van der Waals surface area contributed by atoms with Gasteiger partial charge in [-0.05, 0) is 56.6 Å². The highest BCUT2D eigenvalue weighted by molar-refractivity contribution is 7.99. The number of hydrogen-bond donors (Lipinski definition) is 1. The average Bonchev–Trinajstić information content (AvgIpc) is 3.00. The summed E-state index contributed by atoms with van der Waals surface area (Å²) >= 11 is 13.7. The molecule has 1 aromatic rings. The number of thioether (sulfide) groups is 1. The molecule has 6 heteroatoms. The van der Waals surface area contributed by atoms with E-state index in [1.54, 1.807) is 0 Å². The van der Waals surface area contributed by atoms with Crippen LogP contribution in [0.3, 0.4) is 0 Å². The van der Waals surface area contributed by atoms with E-state index < -0.39 is 0 Å². The van der Waals surface area contributed by atoms with Gasteiger partial charge >= 0.3 is 0 Å². The molecule has 1 heterocycles. The molecule has 3 nitrogen and oxygen atoms in total. The molecule has 1 aromatic carbocycles. The van der Waals surface area contributed by atoms with Crippen molar-refractivity contribution >= 4 is 40.9 Å². The molecule has 2 rings (SSSR count). The Kier molecular flexibility index (Phi) is 7.87. The highest BCUT2D eigenvalue weighted by atomic mass is 35.5. The smallest absolute Gasteiger partial charge is 0.230 e. The average molecular weight is 361 g/mol. The second kappa shape index (κ2) is 9.66. The van der Waals surface area contributed by atoms with Crippen LogP contribution in [-0.4, -0.2) is 42.7 Å². The van der Waals surface area contributed by atoms with E-state index >= 15 is 0 Å². The number of nitrogens with zero attached hydrogens (tertiary/aromatic N) is 1. The molecular formula is C16H22Cl2N2OS. The van der Waals surface area contributed by atoms with E-state index in [0.29, 0.717) is 21.6 Å². The van der Waals surface area contributed by atoms with Gasteiger partial charge in [-0.25, -0.2) is 0 Å². The van der Waals surface area contributed by atoms with Gasteiger partial charge in [0.2, 0.25) is 5.91 Å². The fourth-order valence-electron chi connectivity index (χ4n) is 2.50. The second-order valence-corrected chi connectivity index (χ2v) is 7.25. The molecule has 1 N–H and O–H groups in total. The summed E-state index contributed by atoms with van der Waals surface area (Å²) in [5.41, 5.74) is 0.901. The van der Waals surface area contributed by atoms with Crippen LogP contribution in [0, 0.1) is 0 Å². The molecule has 1 aliphatic heterocycles. The number of likely N-dealkylation sites (tertiary alicyclic amines) is 1. The van der Waals surface area contributed by atoms with Crippen LogP contribution in [0.25, 0.3) is 0 Å². The first-order valence-corrected chi connectivity index (χ1v) is 9.57. The summed E-state index contributed by atoms with van der Waals surface area (Å²) < 4.78 is 0. The Balaban J connectivity index is 1.57. The molecule has 0 atom stereocenters. The molecule has 1 aliphatic rings. The van der Waals surface area contributed by atoms with Crippen molar-refractivity contribution in [3.05, 3.63) is 33.8 Å². The lowest BCUT2D eigenvalue weighted by Gasteiger charge is -2.14. The van der Waals surface area contributed by atoms with Crippen LogP contribution in [-0.2, 0) is 10.5 Å². The van der Waals surface area contributed by atoms with Crippen LogP contribution in [0.1, 0.15) is 24.8 Å². The van der Waals surface area contributed by atoms with Crippen molar-refractivity contribution in [3.8, 4) is 0 Å². The van der Waals surface area contributed by atoms with Gasteiger partial charge in [0.15, 0.2) is 0 Å². The fraction of sp³-hybridized carbons (Fsp3) is 0.562. The molecule has 1 saturated heterocycles. The van der Waals surface area contributed by atoms with E-state index in [1.165, 1.54) is 37.7 Å². The Morgan fingerprint density at radius 2 is 1.91 bits per heavy atom. The number of hydrogen-bond acceptors (Lipinski definition) is 3. The number of rotatable bonds is 8. The van der Waals surface area contributed by atoms with Gasteiger partial charge < -0.3 is 10.2 Å². The molecule has 0 aliphatic carbocycles. The summed E-state index contributed by atoms with van der Waals surface area (Å²) in [5, 5.41) is 4.29. The van der Waals surface area contributed by atoms with Crippen molar-refractivity contribution < 1.29 is 4.79 Å². The number of nitrogens with one attached hydrogen (secondary N) is 1. The number of halogens is 2. The first-order chi connectivity index (χ1) is 10.7. The van der Waals surface area contributed by atoms with Gasteiger partial charge in [0, 0.05) is 22.3 Å². The zero-order valence-electron chi connectivity index (χ0n) is 12.6. The van der Waals surface area contributed by atoms with Crippen molar-refractivity contribution in [2.75, 3.05) is 31.9 Å². The molecule has 0 aromatic heterocycles. The Hall–Kier alpha value is -0.420. The van der Waals surface area contributed by atoms with Gasteiger partial charge in [0.1, 0.15) is 0 Å². The Bertz CT molecular complexity index is 473. The summed E-state index contributed by atoms with van der Waals surface area (Å²) in [6, 6.07) is 5.47. The largest absolute Gasteiger partial charge is 0.355 e. The first kappa shape index (κ1) is 17.9. The van der Waals surface area contributed by atoms with Gasteiger partial charge in [-0.3, -0.25) is 4.79 Å². The molecule has 0 unspecified atom stereocenters. The third kappa shape index (κ3) is 5.99. The summed E-state index contributed by atoms with van der Waals surface area (Å²) in [4.78, 5) is 14.2. The number of carbonyl (C=O) groups is 1. The monoisotopic (exact) mass is 360 g/mol. The van der Waals surface area contributed by atoms with Crippen LogP contribution in [0.2, 0.25) is 10.0 Å². The SMILES string of the molecule is O=C(CSCc1c(Cl)cccc1Cl)NCCCN1CCCC1. The standard InChI is InChI=1S/C16H22Cl2N2OS/c17-14-5-3-6-15(18)13(14)11-22-12-16(21)19-7-4-10-20-8-1-2-9-20/h3,5-6H,1-2,4,7-12H2,(H,19,21). The van der Waals surface area contributed by atoms with Crippen LogP contribution in [0.5, 0.6) is 0 Å². The molecule has 0 radical (unpaired) electrons. The number of benzene rings is 1. The lowest BCUT2D eigenvalue weighted by molar-refractivity contribution is -0.118. The van der Waals surface area contributed by atoms with E-state index in [9.17, 15) is 4.79 Å². The van der Waals surface area contributed by atoms with Crippen LogP contribution in [0.15, 0.2) is 18.2 Å². The molecule has 1 amide bonds. The molecule has 22 heavy (non-hydrogen) atoms. The zero-order chi connectivity index (χ0) is 15.8. The highest BCUT2D eigenvalue weighted by Gasteiger charge is 2.11. The van der Waals surface area contributed by atoms with E-state index in [2.05, 4.69) is 10.2 Å². The molecular weight excluding hydrogens is 339 g/mol. The molecule has 0 saturated carbocycles. The van der Waals surface area contributed by atoms with E-state index in [0.717, 1.165) is 25.1 Å². The Labute approximate surface area is 146 Å². The maximum Gasteiger partial charge on any atom is 0.230 e. The number of amides is 1. The van der Waals surface area contributed by atoms with E-state index in [1.807, 2.05) is 18.2 Å². The van der Waals surface area contributed by atoms with Gasteiger partial charge in [0.05, 0.1) is 5.75 Å². The predicted molar refractivity (Wildman–Crippen MR) is 95.9 cm³/mol. The highest BCUT2D eigenvalue weighted by Crippen LogP contribution is 2.28. The van der Waals surface area contributed by atoms with E-state index in [4.69, 9.17) is 23.2 Å². The van der Waals surface area contributed by atoms with Gasteiger partial charge in [-0.15, -0.1) is 11.8 Å². The van der Waals surface area contributed by atoms with Crippen LogP contribution in [0.4, 0.5) is 0 Å². The van der Waals surface area contributed by atoms with Crippen LogP contribution < -0.4 is 5.32 Å². The van der Waals surface area contributed by atoms with Gasteiger partial charge in [-0.1, -0.05) is 29.3 Å². The lowest BCUT2D eigenvalue weighted by atomic mass is 10.2. The maximum absolute atomic E-state index is 11.8. The van der Waals surface area contributed by atoms with Crippen molar-refractivity contribution in [2.45, 2.75) is 25.0 Å². The summed E-state index contributed by atoms with van der Waals surface area (Å²) in [6.45, 7) is 4.26. The maximum atomic E-state index is 11.8. The first-order valence-electron chi connectivity index (χ1n) is 7.66. The van der Waals surface area contributed by atoms with Crippen LogP contribution >= 0.6 is 35.0 Å². The predicted octanol–water partition coefficient (Wildman–Crippen LogP) is 3.83. The Morgan fingerprint density at radius 3 is 2.59 bits per heavy atom. The fourth-order valence-corrected chi connectivity index (χ4v) is 4.10. The summed E-state index contributed by atoms with van der Waals surface area (Å²) in [5.74, 6) is 1.17. The summed E-state index contributed by atoms with van der Waals surface area (Å²) in [6.07, 6.45) is 3.65. The van der Waals surface area contributed by atoms with Crippen molar-refractivity contribution in [3.63, 3.8) is 0 Å². The topological polar surface area (TPSA) is 32.3 Å². The quantitative estimate of drug-likeness (QED) is 0.715. The minimum Gasteiger partial charge on any atom is -0.355 e. The Morgan fingerprint density at radius 1 is 1.23 bits per heavy atom. The molecule has 1 fully saturated rings. The molecule has 0 bridgehead atoms. The minimum atomic E-state index is 0.0783. The summed E-state index contributed by atoms with van der Waals surface area (Å²) in [7, 11) is 0. The third-order valence-electron chi connectivity index (χ3n) is 3.71. The lowest BCUT2D eigenvalue weighted by Crippen LogP contribution is -2.29. The minimum absolute atomic E-state index is 0.0783.